The maximum Gasteiger partial charge on any atom is 0.347 e. The highest BCUT2D eigenvalue weighted by Gasteiger charge is 2.17. The fraction of sp³-hybridized carbons (Fsp3) is 0.190. The zero-order valence-electron chi connectivity index (χ0n) is 15.1. The minimum absolute atomic E-state index is 0.223. The molecule has 1 saturated heterocycles. The first-order valence-electron chi connectivity index (χ1n) is 9.21. The van der Waals surface area contributed by atoms with Crippen LogP contribution >= 0.6 is 0 Å². The lowest BCUT2D eigenvalue weighted by atomic mass is 10.1. The zero-order valence-corrected chi connectivity index (χ0v) is 15.1. The molecule has 3 heterocycles. The van der Waals surface area contributed by atoms with Crippen LogP contribution in [0.5, 0.6) is 0 Å². The van der Waals surface area contributed by atoms with Gasteiger partial charge in [0.25, 0.3) is 5.89 Å². The monoisotopic (exact) mass is 374 g/mol. The molecule has 0 saturated carbocycles. The van der Waals surface area contributed by atoms with Gasteiger partial charge in [-0.1, -0.05) is 23.4 Å². The number of nitrogens with one attached hydrogen (secondary N) is 1. The van der Waals surface area contributed by atoms with Crippen molar-refractivity contribution in [3.8, 4) is 22.8 Å². The van der Waals surface area contributed by atoms with Crippen LogP contribution in [-0.2, 0) is 0 Å². The van der Waals surface area contributed by atoms with Gasteiger partial charge in [0.15, 0.2) is 0 Å². The number of benzene rings is 2. The number of fused-ring (bicyclic) bond motifs is 1. The standard InChI is InChI=1S/C21H18N4O3/c26-21-17(19-23-20(28-24-19)14-4-2-1-3-5-14)12-15-6-7-16(13-18(15)27-21)25-10-8-22-9-11-25/h1-7,12-13,22H,8-11H2. The molecule has 0 amide bonds. The summed E-state index contributed by atoms with van der Waals surface area (Å²) < 4.78 is 10.9. The summed E-state index contributed by atoms with van der Waals surface area (Å²) >= 11 is 0. The Bertz CT molecular complexity index is 1180. The van der Waals surface area contributed by atoms with Crippen molar-refractivity contribution in [2.24, 2.45) is 0 Å². The summed E-state index contributed by atoms with van der Waals surface area (Å²) in [5.41, 5.74) is 2.21. The third kappa shape index (κ3) is 3.05. The molecule has 2 aromatic carbocycles. The smallest absolute Gasteiger partial charge is 0.347 e. The van der Waals surface area contributed by atoms with Crippen molar-refractivity contribution in [3.05, 3.63) is 65.0 Å². The minimum Gasteiger partial charge on any atom is -0.422 e. The molecule has 7 heteroatoms. The predicted octanol–water partition coefficient (Wildman–Crippen LogP) is 2.92. The van der Waals surface area contributed by atoms with Gasteiger partial charge < -0.3 is 19.2 Å². The number of piperazine rings is 1. The average molecular weight is 374 g/mol. The molecule has 0 bridgehead atoms. The van der Waals surface area contributed by atoms with E-state index in [9.17, 15) is 4.79 Å². The van der Waals surface area contributed by atoms with E-state index < -0.39 is 5.63 Å². The molecular formula is C21H18N4O3. The van der Waals surface area contributed by atoms with E-state index in [1.807, 2.05) is 48.5 Å². The van der Waals surface area contributed by atoms with Gasteiger partial charge in [0.05, 0.1) is 0 Å². The molecule has 7 nitrogen and oxygen atoms in total. The van der Waals surface area contributed by atoms with Gasteiger partial charge >= 0.3 is 5.63 Å². The molecule has 5 rings (SSSR count). The Morgan fingerprint density at radius 1 is 1.00 bits per heavy atom. The van der Waals surface area contributed by atoms with E-state index in [1.54, 1.807) is 6.07 Å². The second kappa shape index (κ2) is 6.94. The molecule has 1 N–H and O–H groups in total. The summed E-state index contributed by atoms with van der Waals surface area (Å²) in [4.78, 5) is 19.2. The minimum atomic E-state index is -0.481. The fourth-order valence-corrected chi connectivity index (χ4v) is 3.41. The first-order valence-corrected chi connectivity index (χ1v) is 9.21. The van der Waals surface area contributed by atoms with Crippen LogP contribution in [0.1, 0.15) is 0 Å². The maximum atomic E-state index is 12.6. The van der Waals surface area contributed by atoms with Crippen molar-refractivity contribution < 1.29 is 8.94 Å². The molecular weight excluding hydrogens is 356 g/mol. The molecule has 1 aliphatic heterocycles. The zero-order chi connectivity index (χ0) is 18.9. The molecule has 28 heavy (non-hydrogen) atoms. The summed E-state index contributed by atoms with van der Waals surface area (Å²) in [7, 11) is 0. The summed E-state index contributed by atoms with van der Waals surface area (Å²) in [6.45, 7) is 3.75. The SMILES string of the molecule is O=c1oc2cc(N3CCNCC3)ccc2cc1-c1noc(-c2ccccc2)n1. The Morgan fingerprint density at radius 2 is 1.82 bits per heavy atom. The van der Waals surface area contributed by atoms with Crippen molar-refractivity contribution in [1.82, 2.24) is 15.5 Å². The van der Waals surface area contributed by atoms with E-state index in [-0.39, 0.29) is 11.4 Å². The number of rotatable bonds is 3. The van der Waals surface area contributed by atoms with Crippen LogP contribution in [0.15, 0.2) is 68.3 Å². The third-order valence-electron chi connectivity index (χ3n) is 4.89. The molecule has 0 unspecified atom stereocenters. The highest BCUT2D eigenvalue weighted by atomic mass is 16.5. The van der Waals surface area contributed by atoms with Crippen LogP contribution in [0.25, 0.3) is 33.8 Å². The third-order valence-corrected chi connectivity index (χ3v) is 4.89. The van der Waals surface area contributed by atoms with Crippen LogP contribution in [-0.4, -0.2) is 36.3 Å². The average Bonchev–Trinajstić information content (AvgIpc) is 3.24. The molecule has 140 valence electrons. The molecule has 1 aliphatic rings. The topological polar surface area (TPSA) is 84.4 Å². The second-order valence-corrected chi connectivity index (χ2v) is 6.70. The summed E-state index contributed by atoms with van der Waals surface area (Å²) in [6, 6.07) is 17.1. The van der Waals surface area contributed by atoms with Gasteiger partial charge in [-0.3, -0.25) is 0 Å². The summed E-state index contributed by atoms with van der Waals surface area (Å²) in [5, 5.41) is 8.11. The first kappa shape index (κ1) is 16.7. The molecule has 0 atom stereocenters. The first-order chi connectivity index (χ1) is 13.8. The summed E-state index contributed by atoms with van der Waals surface area (Å²) in [6.07, 6.45) is 0. The van der Waals surface area contributed by atoms with Gasteiger partial charge in [-0.15, -0.1) is 0 Å². The van der Waals surface area contributed by atoms with Gasteiger partial charge in [0.2, 0.25) is 5.82 Å². The van der Waals surface area contributed by atoms with Crippen molar-refractivity contribution in [1.29, 1.82) is 0 Å². The highest BCUT2D eigenvalue weighted by Crippen LogP contribution is 2.26. The van der Waals surface area contributed by atoms with Gasteiger partial charge in [0.1, 0.15) is 11.1 Å². The van der Waals surface area contributed by atoms with Gasteiger partial charge in [-0.2, -0.15) is 4.98 Å². The van der Waals surface area contributed by atoms with Crippen molar-refractivity contribution in [2.75, 3.05) is 31.1 Å². The lowest BCUT2D eigenvalue weighted by Crippen LogP contribution is -2.43. The number of aromatic nitrogens is 2. The van der Waals surface area contributed by atoms with Crippen molar-refractivity contribution in [3.63, 3.8) is 0 Å². The van der Waals surface area contributed by atoms with Crippen molar-refractivity contribution >= 4 is 16.7 Å². The quantitative estimate of drug-likeness (QED) is 0.552. The molecule has 2 aromatic heterocycles. The van der Waals surface area contributed by atoms with E-state index in [1.165, 1.54) is 0 Å². The predicted molar refractivity (Wildman–Crippen MR) is 106 cm³/mol. The maximum absolute atomic E-state index is 12.6. The van der Waals surface area contributed by atoms with E-state index in [4.69, 9.17) is 8.94 Å². The largest absolute Gasteiger partial charge is 0.422 e. The Morgan fingerprint density at radius 3 is 2.64 bits per heavy atom. The number of nitrogens with zero attached hydrogens (tertiary/aromatic N) is 3. The van der Waals surface area contributed by atoms with Gasteiger partial charge in [-0.05, 0) is 30.3 Å². The number of hydrogen-bond acceptors (Lipinski definition) is 7. The van der Waals surface area contributed by atoms with Crippen LogP contribution in [0, 0.1) is 0 Å². The van der Waals surface area contributed by atoms with E-state index in [2.05, 4.69) is 20.4 Å². The lowest BCUT2D eigenvalue weighted by Gasteiger charge is -2.29. The van der Waals surface area contributed by atoms with Crippen LogP contribution < -0.4 is 15.8 Å². The number of anilines is 1. The Hall–Kier alpha value is -3.45. The van der Waals surface area contributed by atoms with Crippen LogP contribution in [0.4, 0.5) is 5.69 Å². The Labute approximate surface area is 160 Å². The van der Waals surface area contributed by atoms with Gasteiger partial charge in [-0.25, -0.2) is 4.79 Å². The van der Waals surface area contributed by atoms with E-state index in [0.717, 1.165) is 42.8 Å². The van der Waals surface area contributed by atoms with E-state index in [0.29, 0.717) is 11.5 Å². The molecule has 4 aromatic rings. The second-order valence-electron chi connectivity index (χ2n) is 6.70. The molecule has 1 fully saturated rings. The van der Waals surface area contributed by atoms with Gasteiger partial charge in [0, 0.05) is 48.9 Å². The fourth-order valence-electron chi connectivity index (χ4n) is 3.41. The summed E-state index contributed by atoms with van der Waals surface area (Å²) in [5.74, 6) is 0.588. The molecule has 0 radical (unpaired) electrons. The van der Waals surface area contributed by atoms with Crippen LogP contribution in [0.3, 0.4) is 0 Å². The number of hydrogen-bond donors (Lipinski definition) is 1. The Kier molecular flexibility index (Phi) is 4.14. The van der Waals surface area contributed by atoms with Crippen LogP contribution in [0.2, 0.25) is 0 Å². The Balaban J connectivity index is 1.51. The highest BCUT2D eigenvalue weighted by molar-refractivity contribution is 5.83. The molecule has 0 aliphatic carbocycles. The normalized spacial score (nSPS) is 14.5. The van der Waals surface area contributed by atoms with Crippen molar-refractivity contribution in [2.45, 2.75) is 0 Å². The van der Waals surface area contributed by atoms with E-state index >= 15 is 0 Å². The molecule has 0 spiro atoms. The lowest BCUT2D eigenvalue weighted by molar-refractivity contribution is 0.432.